The second-order valence-electron chi connectivity index (χ2n) is 5.67. The summed E-state index contributed by atoms with van der Waals surface area (Å²) in [6.45, 7) is 3.70. The minimum atomic E-state index is -0.472. The van der Waals surface area contributed by atoms with Crippen molar-refractivity contribution in [3.63, 3.8) is 0 Å². The Balaban J connectivity index is 2.62. The van der Waals surface area contributed by atoms with E-state index < -0.39 is 17.8 Å². The zero-order chi connectivity index (χ0) is 20.4. The average Bonchev–Trinajstić information content (AvgIpc) is 2.66. The zero-order valence-electron chi connectivity index (χ0n) is 15.9. The first-order valence-electron chi connectivity index (χ1n) is 8.37. The molecule has 0 aliphatic heterocycles. The number of carbonyl (C=O) groups is 4. The lowest BCUT2D eigenvalue weighted by molar-refractivity contribution is -0.143. The van der Waals surface area contributed by atoms with E-state index in [1.165, 1.54) is 44.2 Å². The summed E-state index contributed by atoms with van der Waals surface area (Å²) in [5.74, 6) is -1.70. The Labute approximate surface area is 158 Å². The first kappa shape index (κ1) is 21.9. The largest absolute Gasteiger partial charge is 0.466 e. The normalized spacial score (nSPS) is 10.7. The number of anilines is 1. The number of amides is 2. The number of ether oxygens (including phenoxy) is 2. The first-order valence-corrected chi connectivity index (χ1v) is 8.37. The summed E-state index contributed by atoms with van der Waals surface area (Å²) in [4.78, 5) is 48.3. The minimum absolute atomic E-state index is 0.0850. The summed E-state index contributed by atoms with van der Waals surface area (Å²) in [7, 11) is 2.82. The molecule has 1 aromatic rings. The van der Waals surface area contributed by atoms with Crippen LogP contribution in [0.3, 0.4) is 0 Å². The van der Waals surface area contributed by atoms with E-state index in [1.807, 2.05) is 0 Å². The number of likely N-dealkylation sites (N-methyl/N-ethyl adjacent to an activating group) is 1. The van der Waals surface area contributed by atoms with E-state index in [2.05, 4.69) is 10.1 Å². The molecule has 0 fully saturated rings. The van der Waals surface area contributed by atoms with Crippen LogP contribution in [0, 0.1) is 0 Å². The van der Waals surface area contributed by atoms with Crippen LogP contribution >= 0.6 is 0 Å². The molecule has 0 saturated heterocycles. The molecule has 1 rings (SSSR count). The maximum Gasteiger partial charge on any atom is 0.337 e. The highest BCUT2D eigenvalue weighted by Crippen LogP contribution is 2.12. The van der Waals surface area contributed by atoms with Gasteiger partial charge in [0.05, 0.1) is 25.7 Å². The molecule has 0 aliphatic carbocycles. The Morgan fingerprint density at radius 3 is 2.33 bits per heavy atom. The van der Waals surface area contributed by atoms with Crippen LogP contribution in [-0.4, -0.2) is 56.0 Å². The molecule has 0 bridgehead atoms. The van der Waals surface area contributed by atoms with Crippen LogP contribution in [0.4, 0.5) is 5.69 Å². The van der Waals surface area contributed by atoms with Crippen molar-refractivity contribution in [1.82, 2.24) is 4.90 Å². The van der Waals surface area contributed by atoms with Crippen LogP contribution in [0.5, 0.6) is 0 Å². The van der Waals surface area contributed by atoms with Gasteiger partial charge in [-0.15, -0.1) is 0 Å². The van der Waals surface area contributed by atoms with Crippen molar-refractivity contribution in [2.24, 2.45) is 0 Å². The second-order valence-corrected chi connectivity index (χ2v) is 5.67. The average molecular weight is 376 g/mol. The van der Waals surface area contributed by atoms with Crippen molar-refractivity contribution in [2.45, 2.75) is 20.3 Å². The van der Waals surface area contributed by atoms with E-state index in [0.717, 1.165) is 0 Å². The number of methoxy groups -OCH3 is 1. The molecular formula is C19H24N2O6. The molecule has 0 spiro atoms. The molecule has 0 atom stereocenters. The number of rotatable bonds is 8. The van der Waals surface area contributed by atoms with Gasteiger partial charge in [0.15, 0.2) is 0 Å². The first-order chi connectivity index (χ1) is 12.8. The standard InChI is InChI=1S/C19H24N2O6/c1-5-27-17(23)10-11-21(3)16(22)12-13(2)18(24)20-15-8-6-14(7-9-15)19(25)26-4/h6-9,12H,5,10-11H2,1-4H3,(H,20,24)/b13-12+. The van der Waals surface area contributed by atoms with Crippen molar-refractivity contribution in [3.8, 4) is 0 Å². The van der Waals surface area contributed by atoms with E-state index in [-0.39, 0.29) is 31.1 Å². The van der Waals surface area contributed by atoms with Gasteiger partial charge in [0.2, 0.25) is 5.91 Å². The van der Waals surface area contributed by atoms with Crippen molar-refractivity contribution in [3.05, 3.63) is 41.5 Å². The summed E-state index contributed by atoms with van der Waals surface area (Å²) < 4.78 is 9.41. The fraction of sp³-hybridized carbons (Fsp3) is 0.368. The van der Waals surface area contributed by atoms with Crippen molar-refractivity contribution >= 4 is 29.4 Å². The third kappa shape index (κ3) is 7.31. The van der Waals surface area contributed by atoms with Crippen LogP contribution in [0.2, 0.25) is 0 Å². The summed E-state index contributed by atoms with van der Waals surface area (Å²) >= 11 is 0. The molecule has 0 aliphatic rings. The van der Waals surface area contributed by atoms with Crippen LogP contribution < -0.4 is 5.32 Å². The van der Waals surface area contributed by atoms with Gasteiger partial charge in [-0.3, -0.25) is 14.4 Å². The van der Waals surface area contributed by atoms with Gasteiger partial charge in [0, 0.05) is 30.9 Å². The number of esters is 2. The van der Waals surface area contributed by atoms with Gasteiger partial charge < -0.3 is 19.7 Å². The van der Waals surface area contributed by atoms with E-state index in [9.17, 15) is 19.2 Å². The fourth-order valence-electron chi connectivity index (χ4n) is 2.00. The van der Waals surface area contributed by atoms with Crippen molar-refractivity contribution in [2.75, 3.05) is 32.6 Å². The number of nitrogens with one attached hydrogen (secondary N) is 1. The van der Waals surface area contributed by atoms with Gasteiger partial charge >= 0.3 is 11.9 Å². The number of nitrogens with zero attached hydrogens (tertiary/aromatic N) is 1. The Morgan fingerprint density at radius 2 is 1.78 bits per heavy atom. The lowest BCUT2D eigenvalue weighted by Gasteiger charge is -2.15. The van der Waals surface area contributed by atoms with Gasteiger partial charge in [-0.25, -0.2) is 4.79 Å². The highest BCUT2D eigenvalue weighted by atomic mass is 16.5. The molecule has 0 radical (unpaired) electrons. The molecule has 0 heterocycles. The highest BCUT2D eigenvalue weighted by Gasteiger charge is 2.13. The van der Waals surface area contributed by atoms with E-state index in [0.29, 0.717) is 11.3 Å². The highest BCUT2D eigenvalue weighted by molar-refractivity contribution is 6.07. The fourth-order valence-corrected chi connectivity index (χ4v) is 2.00. The lowest BCUT2D eigenvalue weighted by atomic mass is 10.2. The molecule has 1 aromatic carbocycles. The number of carbonyl (C=O) groups excluding carboxylic acids is 4. The van der Waals surface area contributed by atoms with Crippen molar-refractivity contribution < 1.29 is 28.7 Å². The SMILES string of the molecule is CCOC(=O)CCN(C)C(=O)/C=C(\C)C(=O)Nc1ccc(C(=O)OC)cc1. The molecule has 1 N–H and O–H groups in total. The smallest absolute Gasteiger partial charge is 0.337 e. The van der Waals surface area contributed by atoms with Crippen molar-refractivity contribution in [1.29, 1.82) is 0 Å². The van der Waals surface area contributed by atoms with Crippen LogP contribution in [0.1, 0.15) is 30.6 Å². The second kappa shape index (κ2) is 10.7. The third-order valence-electron chi connectivity index (χ3n) is 3.59. The molecule has 0 saturated carbocycles. The van der Waals surface area contributed by atoms with Crippen LogP contribution in [0.25, 0.3) is 0 Å². The number of benzene rings is 1. The lowest BCUT2D eigenvalue weighted by Crippen LogP contribution is -2.28. The molecule has 0 aromatic heterocycles. The van der Waals surface area contributed by atoms with Gasteiger partial charge in [-0.2, -0.15) is 0 Å². The summed E-state index contributed by atoms with van der Waals surface area (Å²) in [5, 5.41) is 2.63. The molecule has 8 heteroatoms. The minimum Gasteiger partial charge on any atom is -0.466 e. The quantitative estimate of drug-likeness (QED) is 0.548. The number of hydrogen-bond donors (Lipinski definition) is 1. The Morgan fingerprint density at radius 1 is 1.15 bits per heavy atom. The summed E-state index contributed by atoms with van der Waals surface area (Å²) in [6, 6.07) is 6.17. The maximum absolute atomic E-state index is 12.2. The zero-order valence-corrected chi connectivity index (χ0v) is 15.9. The Hall–Kier alpha value is -3.16. The molecule has 146 valence electrons. The summed E-state index contributed by atoms with van der Waals surface area (Å²) in [6.07, 6.45) is 1.28. The molecule has 27 heavy (non-hydrogen) atoms. The van der Waals surface area contributed by atoms with Crippen LogP contribution in [0.15, 0.2) is 35.9 Å². The van der Waals surface area contributed by atoms with Gasteiger partial charge in [0.25, 0.3) is 5.91 Å². The Kier molecular flexibility index (Phi) is 8.71. The number of hydrogen-bond acceptors (Lipinski definition) is 6. The van der Waals surface area contributed by atoms with Gasteiger partial charge in [-0.1, -0.05) is 0 Å². The predicted octanol–water partition coefficient (Wildman–Crippen LogP) is 1.77. The predicted molar refractivity (Wildman–Crippen MR) is 99.1 cm³/mol. The monoisotopic (exact) mass is 376 g/mol. The molecule has 2 amide bonds. The molecule has 8 nitrogen and oxygen atoms in total. The van der Waals surface area contributed by atoms with E-state index in [4.69, 9.17) is 4.74 Å². The van der Waals surface area contributed by atoms with E-state index in [1.54, 1.807) is 19.1 Å². The Bertz CT molecular complexity index is 724. The molecule has 0 unspecified atom stereocenters. The topological polar surface area (TPSA) is 102 Å². The van der Waals surface area contributed by atoms with Crippen LogP contribution in [-0.2, 0) is 23.9 Å². The van der Waals surface area contributed by atoms with E-state index >= 15 is 0 Å². The van der Waals surface area contributed by atoms with Gasteiger partial charge in [0.1, 0.15) is 0 Å². The molecular weight excluding hydrogens is 352 g/mol. The maximum atomic E-state index is 12.2. The third-order valence-corrected chi connectivity index (χ3v) is 3.59. The van der Waals surface area contributed by atoms with Gasteiger partial charge in [-0.05, 0) is 38.1 Å². The summed E-state index contributed by atoms with van der Waals surface area (Å²) in [5.41, 5.74) is 1.05.